The van der Waals surface area contributed by atoms with E-state index in [1.54, 1.807) is 12.1 Å². The Kier molecular flexibility index (Phi) is 3.26. The molecule has 1 saturated heterocycles. The Bertz CT molecular complexity index is 607. The summed E-state index contributed by atoms with van der Waals surface area (Å²) in [4.78, 5) is 11.6. The van der Waals surface area contributed by atoms with Crippen LogP contribution in [0.2, 0.25) is 0 Å². The van der Waals surface area contributed by atoms with Gasteiger partial charge in [0, 0.05) is 19.3 Å². The molecular formula is C17H15FO2. The van der Waals surface area contributed by atoms with Gasteiger partial charge >= 0.3 is 5.97 Å². The lowest BCUT2D eigenvalue weighted by molar-refractivity contribution is -0.149. The summed E-state index contributed by atoms with van der Waals surface area (Å²) in [6, 6.07) is 16.1. The average Bonchev–Trinajstić information content (AvgIpc) is 2.85. The van der Waals surface area contributed by atoms with Crippen molar-refractivity contribution in [2.75, 3.05) is 0 Å². The number of hydrogen-bond donors (Lipinski definition) is 0. The number of cyclic esters (lactones) is 1. The molecule has 0 bridgehead atoms. The monoisotopic (exact) mass is 270 g/mol. The van der Waals surface area contributed by atoms with Gasteiger partial charge in [-0.05, 0) is 23.3 Å². The quantitative estimate of drug-likeness (QED) is 0.796. The van der Waals surface area contributed by atoms with Gasteiger partial charge in [0.15, 0.2) is 0 Å². The van der Waals surface area contributed by atoms with Crippen LogP contribution in [0, 0.1) is 5.82 Å². The van der Waals surface area contributed by atoms with Crippen molar-refractivity contribution in [3.05, 3.63) is 71.5 Å². The minimum Gasteiger partial charge on any atom is -0.454 e. The number of hydrogen-bond acceptors (Lipinski definition) is 2. The van der Waals surface area contributed by atoms with E-state index in [-0.39, 0.29) is 11.8 Å². The van der Waals surface area contributed by atoms with Crippen LogP contribution < -0.4 is 0 Å². The van der Waals surface area contributed by atoms with E-state index in [9.17, 15) is 9.18 Å². The average molecular weight is 270 g/mol. The van der Waals surface area contributed by atoms with Crippen LogP contribution >= 0.6 is 0 Å². The molecule has 0 amide bonds. The molecule has 20 heavy (non-hydrogen) atoms. The Morgan fingerprint density at radius 1 is 1.05 bits per heavy atom. The van der Waals surface area contributed by atoms with Crippen molar-refractivity contribution < 1.29 is 13.9 Å². The summed E-state index contributed by atoms with van der Waals surface area (Å²) in [6.45, 7) is 0. The number of ether oxygens (including phenoxy) is 1. The first-order valence-electron chi connectivity index (χ1n) is 6.70. The zero-order valence-corrected chi connectivity index (χ0v) is 11.0. The molecule has 2 nitrogen and oxygen atoms in total. The summed E-state index contributed by atoms with van der Waals surface area (Å²) in [5.41, 5.74) is 1.34. The van der Waals surface area contributed by atoms with Gasteiger partial charge in [-0.2, -0.15) is 0 Å². The lowest BCUT2D eigenvalue weighted by atomic mass is 9.85. The van der Waals surface area contributed by atoms with Gasteiger partial charge in [0.05, 0.1) is 0 Å². The highest BCUT2D eigenvalue weighted by molar-refractivity contribution is 5.72. The largest absolute Gasteiger partial charge is 0.454 e. The van der Waals surface area contributed by atoms with Crippen LogP contribution in [0.1, 0.15) is 24.0 Å². The number of benzene rings is 2. The molecule has 3 heteroatoms. The molecule has 1 aliphatic rings. The van der Waals surface area contributed by atoms with E-state index in [1.807, 2.05) is 30.3 Å². The Labute approximate surface area is 117 Å². The van der Waals surface area contributed by atoms with Gasteiger partial charge in [-0.25, -0.2) is 4.39 Å². The maximum atomic E-state index is 13.0. The summed E-state index contributed by atoms with van der Waals surface area (Å²) in [7, 11) is 0. The zero-order valence-electron chi connectivity index (χ0n) is 11.0. The Balaban J connectivity index is 1.95. The maximum Gasteiger partial charge on any atom is 0.306 e. The second kappa shape index (κ2) is 5.08. The first kappa shape index (κ1) is 12.9. The molecule has 1 fully saturated rings. The van der Waals surface area contributed by atoms with Crippen LogP contribution in [0.5, 0.6) is 0 Å². The Morgan fingerprint density at radius 3 is 2.35 bits per heavy atom. The molecular weight excluding hydrogens is 255 g/mol. The van der Waals surface area contributed by atoms with Gasteiger partial charge in [-0.1, -0.05) is 42.5 Å². The van der Waals surface area contributed by atoms with E-state index in [1.165, 1.54) is 12.1 Å². The summed E-state index contributed by atoms with van der Waals surface area (Å²) < 4.78 is 18.6. The second-order valence-corrected chi connectivity index (χ2v) is 5.14. The van der Waals surface area contributed by atoms with E-state index < -0.39 is 5.60 Å². The van der Waals surface area contributed by atoms with Gasteiger partial charge < -0.3 is 4.74 Å². The molecule has 0 N–H and O–H groups in total. The van der Waals surface area contributed by atoms with Gasteiger partial charge in [-0.3, -0.25) is 4.79 Å². The van der Waals surface area contributed by atoms with Gasteiger partial charge in [0.25, 0.3) is 0 Å². The third-order valence-corrected chi connectivity index (χ3v) is 3.74. The summed E-state index contributed by atoms with van der Waals surface area (Å²) in [6.07, 6.45) is 1.66. The molecule has 102 valence electrons. The number of halogens is 1. The molecule has 2 aromatic carbocycles. The molecule has 0 spiro atoms. The highest BCUT2D eigenvalue weighted by Gasteiger charge is 2.41. The van der Waals surface area contributed by atoms with Crippen LogP contribution in [0.25, 0.3) is 0 Å². The number of esters is 1. The molecule has 1 atom stereocenters. The molecule has 0 radical (unpaired) electrons. The molecule has 3 rings (SSSR count). The third kappa shape index (κ3) is 2.44. The molecule has 2 aromatic rings. The van der Waals surface area contributed by atoms with E-state index >= 15 is 0 Å². The van der Waals surface area contributed by atoms with E-state index in [2.05, 4.69) is 0 Å². The topological polar surface area (TPSA) is 26.3 Å². The van der Waals surface area contributed by atoms with Crippen LogP contribution in [0.15, 0.2) is 54.6 Å². The molecule has 1 unspecified atom stereocenters. The summed E-state index contributed by atoms with van der Waals surface area (Å²) >= 11 is 0. The van der Waals surface area contributed by atoms with Crippen molar-refractivity contribution in [1.29, 1.82) is 0 Å². The van der Waals surface area contributed by atoms with Crippen molar-refractivity contribution in [1.82, 2.24) is 0 Å². The van der Waals surface area contributed by atoms with E-state index in [0.29, 0.717) is 19.3 Å². The minimum absolute atomic E-state index is 0.170. The number of carbonyl (C=O) groups excluding carboxylic acids is 1. The predicted molar refractivity (Wildman–Crippen MR) is 73.6 cm³/mol. The summed E-state index contributed by atoms with van der Waals surface area (Å²) in [5, 5.41) is 0. The van der Waals surface area contributed by atoms with Gasteiger partial charge in [-0.15, -0.1) is 0 Å². The van der Waals surface area contributed by atoms with Crippen molar-refractivity contribution in [3.63, 3.8) is 0 Å². The van der Waals surface area contributed by atoms with Crippen molar-refractivity contribution in [2.24, 2.45) is 0 Å². The SMILES string of the molecule is O=C1CCC(Cc2ccc(F)cc2)(c2ccccc2)O1. The fourth-order valence-corrected chi connectivity index (χ4v) is 2.73. The summed E-state index contributed by atoms with van der Waals surface area (Å²) in [5.74, 6) is -0.429. The Morgan fingerprint density at radius 2 is 1.75 bits per heavy atom. The van der Waals surface area contributed by atoms with Gasteiger partial charge in [0.2, 0.25) is 0 Å². The van der Waals surface area contributed by atoms with Gasteiger partial charge in [0.1, 0.15) is 11.4 Å². The molecule has 0 aliphatic carbocycles. The van der Waals surface area contributed by atoms with Crippen LogP contribution in [-0.4, -0.2) is 5.97 Å². The fourth-order valence-electron chi connectivity index (χ4n) is 2.73. The smallest absolute Gasteiger partial charge is 0.306 e. The molecule has 0 saturated carbocycles. The zero-order chi connectivity index (χ0) is 14.0. The standard InChI is InChI=1S/C17H15FO2/c18-15-8-6-13(7-9-15)12-17(11-10-16(19)20-17)14-4-2-1-3-5-14/h1-9H,10-12H2. The number of rotatable bonds is 3. The van der Waals surface area contributed by atoms with Crippen molar-refractivity contribution in [3.8, 4) is 0 Å². The van der Waals surface area contributed by atoms with E-state index in [4.69, 9.17) is 4.74 Å². The van der Waals surface area contributed by atoms with Crippen LogP contribution in [-0.2, 0) is 21.6 Å². The highest BCUT2D eigenvalue weighted by Crippen LogP contribution is 2.39. The lowest BCUT2D eigenvalue weighted by Crippen LogP contribution is -2.28. The third-order valence-electron chi connectivity index (χ3n) is 3.74. The van der Waals surface area contributed by atoms with E-state index in [0.717, 1.165) is 11.1 Å². The van der Waals surface area contributed by atoms with Crippen molar-refractivity contribution >= 4 is 5.97 Å². The second-order valence-electron chi connectivity index (χ2n) is 5.14. The van der Waals surface area contributed by atoms with Crippen molar-refractivity contribution in [2.45, 2.75) is 24.9 Å². The molecule has 1 aliphatic heterocycles. The highest BCUT2D eigenvalue weighted by atomic mass is 19.1. The number of carbonyl (C=O) groups is 1. The minimum atomic E-state index is -0.615. The molecule has 0 aromatic heterocycles. The maximum absolute atomic E-state index is 13.0. The van der Waals surface area contributed by atoms with Crippen LogP contribution in [0.4, 0.5) is 4.39 Å². The van der Waals surface area contributed by atoms with Crippen LogP contribution in [0.3, 0.4) is 0 Å². The first-order chi connectivity index (χ1) is 9.68. The predicted octanol–water partition coefficient (Wildman–Crippen LogP) is 3.60. The Hall–Kier alpha value is -2.16. The normalized spacial score (nSPS) is 21.8. The molecule has 1 heterocycles. The first-order valence-corrected chi connectivity index (χ1v) is 6.70. The lowest BCUT2D eigenvalue weighted by Gasteiger charge is -2.28. The fraction of sp³-hybridized carbons (Fsp3) is 0.235.